The topological polar surface area (TPSA) is 35.5 Å². The fourth-order valence-electron chi connectivity index (χ4n) is 1.60. The third-order valence-corrected chi connectivity index (χ3v) is 3.18. The van der Waals surface area contributed by atoms with E-state index >= 15 is 0 Å². The van der Waals surface area contributed by atoms with Crippen LogP contribution in [0, 0.1) is 5.82 Å². The molecule has 0 spiro atoms. The number of rotatable bonds is 4. The maximum absolute atomic E-state index is 13.6. The maximum Gasteiger partial charge on any atom is 0.337 e. The van der Waals surface area contributed by atoms with Gasteiger partial charge in [-0.2, -0.15) is 0 Å². The van der Waals surface area contributed by atoms with E-state index in [2.05, 4.69) is 20.7 Å². The first-order valence-corrected chi connectivity index (χ1v) is 6.64. The fraction of sp³-hybridized carbons (Fsp3) is 0.133. The molecule has 0 saturated heterocycles. The van der Waals surface area contributed by atoms with Crippen LogP contribution in [-0.2, 0) is 11.3 Å². The van der Waals surface area contributed by atoms with Gasteiger partial charge in [-0.25, -0.2) is 9.18 Å². The van der Waals surface area contributed by atoms with E-state index < -0.39 is 5.97 Å². The van der Waals surface area contributed by atoms with Gasteiger partial charge in [-0.15, -0.1) is 0 Å². The Bertz CT molecular complexity index is 611. The first-order chi connectivity index (χ1) is 9.60. The first-order valence-electron chi connectivity index (χ1n) is 5.85. The van der Waals surface area contributed by atoms with Crippen LogP contribution in [0.2, 0.25) is 0 Å². The van der Waals surface area contributed by atoms with Gasteiger partial charge in [-0.3, -0.25) is 0 Å². The summed E-state index contributed by atoms with van der Waals surface area (Å²) in [7, 11) is 1.32. The highest BCUT2D eigenvalue weighted by molar-refractivity contribution is 9.10. The molecule has 0 bridgehead atoms. The Morgan fingerprint density at radius 2 is 1.90 bits per heavy atom. The molecule has 104 valence electrons. The van der Waals surface area contributed by atoms with E-state index in [-0.39, 0.29) is 12.4 Å². The minimum Gasteiger partial charge on any atom is -0.489 e. The maximum atomic E-state index is 13.6. The SMILES string of the molecule is COC(=O)c1ccc(OCc2ccc(Br)cc2F)cc1. The number of ether oxygens (including phenoxy) is 2. The Morgan fingerprint density at radius 1 is 1.20 bits per heavy atom. The van der Waals surface area contributed by atoms with Gasteiger partial charge < -0.3 is 9.47 Å². The molecule has 2 aromatic rings. The number of benzene rings is 2. The molecule has 0 unspecified atom stereocenters. The highest BCUT2D eigenvalue weighted by Gasteiger charge is 2.06. The van der Waals surface area contributed by atoms with Crippen molar-refractivity contribution in [3.63, 3.8) is 0 Å². The number of carbonyl (C=O) groups excluding carboxylic acids is 1. The van der Waals surface area contributed by atoms with E-state index in [1.54, 1.807) is 36.4 Å². The van der Waals surface area contributed by atoms with Crippen molar-refractivity contribution < 1.29 is 18.7 Å². The molecule has 0 amide bonds. The fourth-order valence-corrected chi connectivity index (χ4v) is 1.94. The molecule has 0 aliphatic carbocycles. The zero-order valence-electron chi connectivity index (χ0n) is 10.7. The van der Waals surface area contributed by atoms with Crippen LogP contribution in [0.15, 0.2) is 46.9 Å². The molecule has 0 aromatic heterocycles. The molecule has 2 aromatic carbocycles. The minimum absolute atomic E-state index is 0.122. The molecule has 0 aliphatic heterocycles. The predicted octanol–water partition coefficient (Wildman–Crippen LogP) is 3.95. The summed E-state index contributed by atoms with van der Waals surface area (Å²) in [6.45, 7) is 0.122. The van der Waals surface area contributed by atoms with Gasteiger partial charge >= 0.3 is 5.97 Å². The van der Waals surface area contributed by atoms with Crippen LogP contribution in [-0.4, -0.2) is 13.1 Å². The Balaban J connectivity index is 2.02. The second-order valence-electron chi connectivity index (χ2n) is 4.04. The van der Waals surface area contributed by atoms with Gasteiger partial charge in [0, 0.05) is 10.0 Å². The van der Waals surface area contributed by atoms with E-state index in [9.17, 15) is 9.18 Å². The summed E-state index contributed by atoms with van der Waals surface area (Å²) in [4.78, 5) is 11.3. The molecule has 0 fully saturated rings. The normalized spacial score (nSPS) is 10.2. The van der Waals surface area contributed by atoms with Crippen molar-refractivity contribution >= 4 is 21.9 Å². The van der Waals surface area contributed by atoms with Gasteiger partial charge in [-0.05, 0) is 36.4 Å². The van der Waals surface area contributed by atoms with Gasteiger partial charge in [-0.1, -0.05) is 22.0 Å². The average Bonchev–Trinajstić information content (AvgIpc) is 2.46. The number of esters is 1. The third-order valence-electron chi connectivity index (χ3n) is 2.68. The number of hydrogen-bond acceptors (Lipinski definition) is 3. The molecule has 0 heterocycles. The molecule has 3 nitrogen and oxygen atoms in total. The van der Waals surface area contributed by atoms with Gasteiger partial charge in [0.25, 0.3) is 0 Å². The van der Waals surface area contributed by atoms with E-state index in [0.717, 1.165) is 0 Å². The number of carbonyl (C=O) groups is 1. The van der Waals surface area contributed by atoms with Gasteiger partial charge in [0.05, 0.1) is 12.7 Å². The van der Waals surface area contributed by atoms with Crippen LogP contribution < -0.4 is 4.74 Å². The van der Waals surface area contributed by atoms with Gasteiger partial charge in [0.2, 0.25) is 0 Å². The summed E-state index contributed by atoms with van der Waals surface area (Å²) in [5.74, 6) is -0.180. The van der Waals surface area contributed by atoms with Crippen LogP contribution >= 0.6 is 15.9 Å². The third kappa shape index (κ3) is 3.57. The zero-order valence-corrected chi connectivity index (χ0v) is 12.3. The minimum atomic E-state index is -0.407. The van der Waals surface area contributed by atoms with Crippen LogP contribution in [0.1, 0.15) is 15.9 Å². The first kappa shape index (κ1) is 14.5. The lowest BCUT2D eigenvalue weighted by molar-refractivity contribution is 0.0600. The quantitative estimate of drug-likeness (QED) is 0.791. The van der Waals surface area contributed by atoms with Crippen molar-refractivity contribution in [2.24, 2.45) is 0 Å². The smallest absolute Gasteiger partial charge is 0.337 e. The van der Waals surface area contributed by atoms with Crippen molar-refractivity contribution in [2.45, 2.75) is 6.61 Å². The molecule has 20 heavy (non-hydrogen) atoms. The molecule has 0 N–H and O–H groups in total. The lowest BCUT2D eigenvalue weighted by Gasteiger charge is -2.08. The van der Waals surface area contributed by atoms with E-state index in [0.29, 0.717) is 21.3 Å². The van der Waals surface area contributed by atoms with E-state index in [4.69, 9.17) is 4.74 Å². The number of methoxy groups -OCH3 is 1. The standard InChI is InChI=1S/C15H12BrFO3/c1-19-15(18)10-3-6-13(7-4-10)20-9-11-2-5-12(16)8-14(11)17/h2-8H,9H2,1H3. The zero-order chi connectivity index (χ0) is 14.5. The predicted molar refractivity (Wildman–Crippen MR) is 76.2 cm³/mol. The Labute approximate surface area is 124 Å². The Kier molecular flexibility index (Phi) is 4.74. The molecular weight excluding hydrogens is 327 g/mol. The second kappa shape index (κ2) is 6.52. The van der Waals surface area contributed by atoms with Crippen molar-refractivity contribution in [3.8, 4) is 5.75 Å². The van der Waals surface area contributed by atoms with Crippen LogP contribution in [0.4, 0.5) is 4.39 Å². The molecule has 2 rings (SSSR count). The largest absolute Gasteiger partial charge is 0.489 e. The lowest BCUT2D eigenvalue weighted by atomic mass is 10.2. The highest BCUT2D eigenvalue weighted by atomic mass is 79.9. The van der Waals surface area contributed by atoms with Crippen molar-refractivity contribution in [3.05, 3.63) is 63.9 Å². The van der Waals surface area contributed by atoms with Crippen LogP contribution in [0.3, 0.4) is 0 Å². The molecule has 5 heteroatoms. The van der Waals surface area contributed by atoms with Crippen molar-refractivity contribution in [1.29, 1.82) is 0 Å². The summed E-state index contributed by atoms with van der Waals surface area (Å²) in [6, 6.07) is 11.3. The van der Waals surface area contributed by atoms with E-state index in [1.807, 2.05) is 0 Å². The summed E-state index contributed by atoms with van der Waals surface area (Å²) in [5.41, 5.74) is 0.903. The molecule has 0 saturated carbocycles. The summed E-state index contributed by atoms with van der Waals surface area (Å²) >= 11 is 3.20. The Morgan fingerprint density at radius 3 is 2.50 bits per heavy atom. The van der Waals surface area contributed by atoms with Crippen LogP contribution in [0.5, 0.6) is 5.75 Å². The molecule has 0 atom stereocenters. The van der Waals surface area contributed by atoms with Gasteiger partial charge in [0.15, 0.2) is 0 Å². The Hall–Kier alpha value is -1.88. The summed E-state index contributed by atoms with van der Waals surface area (Å²) in [5, 5.41) is 0. The summed E-state index contributed by atoms with van der Waals surface area (Å²) < 4.78 is 24.4. The average molecular weight is 339 g/mol. The summed E-state index contributed by atoms with van der Waals surface area (Å²) in [6.07, 6.45) is 0. The number of halogens is 2. The van der Waals surface area contributed by atoms with Crippen LogP contribution in [0.25, 0.3) is 0 Å². The lowest BCUT2D eigenvalue weighted by Crippen LogP contribution is -2.02. The van der Waals surface area contributed by atoms with Crippen molar-refractivity contribution in [1.82, 2.24) is 0 Å². The molecule has 0 aliphatic rings. The molecule has 0 radical (unpaired) electrons. The highest BCUT2D eigenvalue weighted by Crippen LogP contribution is 2.18. The van der Waals surface area contributed by atoms with Crippen molar-refractivity contribution in [2.75, 3.05) is 7.11 Å². The van der Waals surface area contributed by atoms with Gasteiger partial charge in [0.1, 0.15) is 18.2 Å². The van der Waals surface area contributed by atoms with E-state index in [1.165, 1.54) is 13.2 Å². The molecular formula is C15H12BrFO3. The number of hydrogen-bond donors (Lipinski definition) is 0. The second-order valence-corrected chi connectivity index (χ2v) is 4.96. The monoisotopic (exact) mass is 338 g/mol.